The number of carbonyl (C=O) groups is 5. The fraction of sp³-hybridized carbons (Fsp3) is 0.759. The topological polar surface area (TPSA) is 134 Å². The van der Waals surface area contributed by atoms with Gasteiger partial charge in [0.2, 0.25) is 17.6 Å². The molecule has 5 atom stereocenters. The number of hydrogen-bond acceptors (Lipinski definition) is 6. The van der Waals surface area contributed by atoms with E-state index in [1.807, 2.05) is 6.92 Å². The Labute approximate surface area is 232 Å². The third kappa shape index (κ3) is 7.00. The minimum absolute atomic E-state index is 0.0401. The summed E-state index contributed by atoms with van der Waals surface area (Å²) < 4.78 is 5.45. The summed E-state index contributed by atoms with van der Waals surface area (Å²) in [7, 11) is 0. The molecular formula is C29H46N4O6. The number of likely N-dealkylation sites (tertiary alicyclic amines) is 1. The summed E-state index contributed by atoms with van der Waals surface area (Å²) >= 11 is 0. The molecule has 0 aromatic carbocycles. The van der Waals surface area contributed by atoms with Crippen molar-refractivity contribution in [3.05, 3.63) is 12.7 Å². The van der Waals surface area contributed by atoms with Gasteiger partial charge in [-0.2, -0.15) is 0 Å². The van der Waals surface area contributed by atoms with Crippen molar-refractivity contribution >= 4 is 29.6 Å². The van der Waals surface area contributed by atoms with Gasteiger partial charge in [-0.25, -0.2) is 4.79 Å². The fourth-order valence-electron chi connectivity index (χ4n) is 6.32. The largest absolute Gasteiger partial charge is 0.444 e. The standard InChI is InChI=1S/C29H46N4O6/c1-8-12-19(23(34)25(36)30-15-9-2)31-24(35)22-20-18(29(20,6)7)16-33(22)26(37)21(17-13-10-11-14-17)32-27(38)39-28(3,4)5/h9,17-22H,2,8,10-16H2,1,3-7H3,(H,30,36)(H,31,35)(H,32,38)/t18-,19?,20-,21-,22-/m0/s1. The fourth-order valence-corrected chi connectivity index (χ4v) is 6.32. The van der Waals surface area contributed by atoms with Crippen molar-refractivity contribution in [2.75, 3.05) is 13.1 Å². The van der Waals surface area contributed by atoms with Crippen LogP contribution in [-0.4, -0.2) is 71.3 Å². The van der Waals surface area contributed by atoms with Gasteiger partial charge in [0.05, 0.1) is 6.04 Å². The van der Waals surface area contributed by atoms with Gasteiger partial charge in [0.15, 0.2) is 0 Å². The van der Waals surface area contributed by atoms with Crippen molar-refractivity contribution in [2.45, 2.75) is 104 Å². The highest BCUT2D eigenvalue weighted by molar-refractivity contribution is 6.38. The zero-order chi connectivity index (χ0) is 29.1. The predicted molar refractivity (Wildman–Crippen MR) is 146 cm³/mol. The molecule has 4 amide bonds. The highest BCUT2D eigenvalue weighted by Gasteiger charge is 2.69. The van der Waals surface area contributed by atoms with Crippen LogP contribution >= 0.6 is 0 Å². The molecular weight excluding hydrogens is 500 g/mol. The Morgan fingerprint density at radius 2 is 1.74 bits per heavy atom. The maximum absolute atomic E-state index is 14.0. The molecule has 0 aromatic heterocycles. The van der Waals surface area contributed by atoms with Gasteiger partial charge in [-0.15, -0.1) is 6.58 Å². The molecule has 1 aliphatic heterocycles. The first-order chi connectivity index (χ1) is 18.2. The van der Waals surface area contributed by atoms with Crippen molar-refractivity contribution in [1.82, 2.24) is 20.9 Å². The molecule has 3 fully saturated rings. The maximum atomic E-state index is 14.0. The molecule has 218 valence electrons. The van der Waals surface area contributed by atoms with Crippen molar-refractivity contribution in [1.29, 1.82) is 0 Å². The van der Waals surface area contributed by atoms with Crippen molar-refractivity contribution in [3.63, 3.8) is 0 Å². The molecule has 10 nitrogen and oxygen atoms in total. The number of amides is 4. The second-order valence-electron chi connectivity index (χ2n) is 12.8. The van der Waals surface area contributed by atoms with Crippen molar-refractivity contribution in [3.8, 4) is 0 Å². The van der Waals surface area contributed by atoms with Gasteiger partial charge in [-0.3, -0.25) is 19.2 Å². The summed E-state index contributed by atoms with van der Waals surface area (Å²) in [5, 5.41) is 8.09. The first kappa shape index (κ1) is 30.6. The zero-order valence-corrected chi connectivity index (χ0v) is 24.3. The normalized spacial score (nSPS) is 25.2. The predicted octanol–water partition coefficient (Wildman–Crippen LogP) is 2.71. The number of carbonyl (C=O) groups excluding carboxylic acids is 5. The van der Waals surface area contributed by atoms with Gasteiger partial charge in [0, 0.05) is 13.1 Å². The van der Waals surface area contributed by atoms with Gasteiger partial charge in [-0.1, -0.05) is 46.1 Å². The second-order valence-corrected chi connectivity index (χ2v) is 12.8. The molecule has 1 saturated heterocycles. The van der Waals surface area contributed by atoms with E-state index in [-0.39, 0.29) is 35.6 Å². The molecule has 1 unspecified atom stereocenters. The number of ketones is 1. The van der Waals surface area contributed by atoms with E-state index in [1.54, 1.807) is 25.7 Å². The van der Waals surface area contributed by atoms with E-state index in [0.717, 1.165) is 25.7 Å². The molecule has 2 aliphatic carbocycles. The van der Waals surface area contributed by atoms with Crippen LogP contribution < -0.4 is 16.0 Å². The Bertz CT molecular complexity index is 981. The van der Waals surface area contributed by atoms with E-state index in [9.17, 15) is 24.0 Å². The van der Waals surface area contributed by atoms with Crippen LogP contribution in [0.5, 0.6) is 0 Å². The summed E-state index contributed by atoms with van der Waals surface area (Å²) in [6.45, 7) is 15.4. The van der Waals surface area contributed by atoms with Crippen LogP contribution in [0.2, 0.25) is 0 Å². The number of hydrogen-bond donors (Lipinski definition) is 3. The summed E-state index contributed by atoms with van der Waals surface area (Å²) in [4.78, 5) is 67.2. The van der Waals surface area contributed by atoms with Gasteiger partial charge >= 0.3 is 6.09 Å². The average Bonchev–Trinajstić information content (AvgIpc) is 3.30. The first-order valence-corrected chi connectivity index (χ1v) is 14.3. The van der Waals surface area contributed by atoms with Gasteiger partial charge in [-0.05, 0) is 63.2 Å². The van der Waals surface area contributed by atoms with E-state index < -0.39 is 47.4 Å². The van der Waals surface area contributed by atoms with Gasteiger partial charge in [0.1, 0.15) is 17.7 Å². The molecule has 10 heteroatoms. The lowest BCUT2D eigenvalue weighted by atomic mass is 9.94. The van der Waals surface area contributed by atoms with E-state index in [0.29, 0.717) is 19.4 Å². The minimum atomic E-state index is -0.990. The quantitative estimate of drug-likeness (QED) is 0.270. The Morgan fingerprint density at radius 3 is 2.31 bits per heavy atom. The van der Waals surface area contributed by atoms with E-state index in [4.69, 9.17) is 4.74 Å². The van der Waals surface area contributed by atoms with Gasteiger partial charge < -0.3 is 25.6 Å². The summed E-state index contributed by atoms with van der Waals surface area (Å²) in [6.07, 6.45) is 5.27. The minimum Gasteiger partial charge on any atom is -0.444 e. The number of rotatable bonds is 11. The summed E-state index contributed by atoms with van der Waals surface area (Å²) in [6, 6.07) is -2.57. The number of alkyl carbamates (subject to hydrolysis) is 1. The highest BCUT2D eigenvalue weighted by Crippen LogP contribution is 2.65. The smallest absolute Gasteiger partial charge is 0.408 e. The molecule has 2 saturated carbocycles. The molecule has 0 radical (unpaired) electrons. The average molecular weight is 547 g/mol. The monoisotopic (exact) mass is 546 g/mol. The number of piperidine rings is 1. The van der Waals surface area contributed by atoms with Crippen LogP contribution in [0.3, 0.4) is 0 Å². The van der Waals surface area contributed by atoms with Gasteiger partial charge in [0.25, 0.3) is 5.91 Å². The zero-order valence-electron chi connectivity index (χ0n) is 24.3. The molecule has 0 aromatic rings. The third-order valence-corrected chi connectivity index (χ3v) is 8.41. The lowest BCUT2D eigenvalue weighted by Gasteiger charge is -2.35. The van der Waals surface area contributed by atoms with E-state index in [1.165, 1.54) is 6.08 Å². The lowest BCUT2D eigenvalue weighted by molar-refractivity contribution is -0.144. The Balaban J connectivity index is 1.82. The molecule has 0 bridgehead atoms. The second kappa shape index (κ2) is 12.1. The molecule has 3 N–H and O–H groups in total. The van der Waals surface area contributed by atoms with Crippen molar-refractivity contribution in [2.24, 2.45) is 23.2 Å². The molecule has 3 rings (SSSR count). The number of fused-ring (bicyclic) bond motifs is 1. The number of nitrogens with one attached hydrogen (secondary N) is 3. The molecule has 3 aliphatic rings. The van der Waals surface area contributed by atoms with E-state index >= 15 is 0 Å². The summed E-state index contributed by atoms with van der Waals surface area (Å²) in [5.74, 6) is -2.20. The van der Waals surface area contributed by atoms with Crippen LogP contribution in [0.1, 0.15) is 80.1 Å². The Morgan fingerprint density at radius 1 is 1.10 bits per heavy atom. The summed E-state index contributed by atoms with van der Waals surface area (Å²) in [5.41, 5.74) is -0.848. The number of Topliss-reactive ketones (excluding diaryl/α,β-unsaturated/α-hetero) is 1. The van der Waals surface area contributed by atoms with Crippen LogP contribution in [0.25, 0.3) is 0 Å². The third-order valence-electron chi connectivity index (χ3n) is 8.41. The highest BCUT2D eigenvalue weighted by atomic mass is 16.6. The van der Waals surface area contributed by atoms with Crippen LogP contribution in [0.4, 0.5) is 4.79 Å². The van der Waals surface area contributed by atoms with Crippen molar-refractivity contribution < 1.29 is 28.7 Å². The molecule has 1 heterocycles. The van der Waals surface area contributed by atoms with Crippen LogP contribution in [0, 0.1) is 23.2 Å². The SMILES string of the molecule is C=CCNC(=O)C(=O)C(CCC)NC(=O)[C@@H]1[C@@H]2[C@H](CN1C(=O)[C@@H](NC(=O)OC(C)(C)C)C1CCCC1)C2(C)C. The molecule has 39 heavy (non-hydrogen) atoms. The lowest BCUT2D eigenvalue weighted by Crippen LogP contribution is -2.59. The number of nitrogens with zero attached hydrogens (tertiary/aromatic N) is 1. The van der Waals surface area contributed by atoms with Crippen LogP contribution in [0.15, 0.2) is 12.7 Å². The van der Waals surface area contributed by atoms with Crippen LogP contribution in [-0.2, 0) is 23.9 Å². The maximum Gasteiger partial charge on any atom is 0.408 e. The molecule has 0 spiro atoms. The Kier molecular flexibility index (Phi) is 9.49. The number of ether oxygens (including phenoxy) is 1. The van der Waals surface area contributed by atoms with E-state index in [2.05, 4.69) is 36.4 Å². The first-order valence-electron chi connectivity index (χ1n) is 14.3. The Hall–Kier alpha value is -2.91.